The molecule has 0 saturated heterocycles. The molecule has 1 aromatic rings. The van der Waals surface area contributed by atoms with E-state index in [4.69, 9.17) is 9.84 Å². The lowest BCUT2D eigenvalue weighted by Gasteiger charge is -2.22. The van der Waals surface area contributed by atoms with Crippen LogP contribution in [0.15, 0.2) is 24.3 Å². The van der Waals surface area contributed by atoms with E-state index in [0.717, 1.165) is 0 Å². The zero-order valence-electron chi connectivity index (χ0n) is 12.8. The van der Waals surface area contributed by atoms with Gasteiger partial charge in [0.25, 0.3) is 5.91 Å². The van der Waals surface area contributed by atoms with Gasteiger partial charge >= 0.3 is 0 Å². The van der Waals surface area contributed by atoms with Crippen LogP contribution in [0.2, 0.25) is 0 Å². The number of ether oxygens (including phenoxy) is 1. The van der Waals surface area contributed by atoms with Crippen molar-refractivity contribution in [1.29, 1.82) is 0 Å². The molecular formula is C17H23NO3. The van der Waals surface area contributed by atoms with Crippen LogP contribution >= 0.6 is 0 Å². The minimum atomic E-state index is -0.227. The lowest BCUT2D eigenvalue weighted by molar-refractivity contribution is 0.0806. The second-order valence-electron chi connectivity index (χ2n) is 4.99. The molecule has 4 nitrogen and oxygen atoms in total. The molecule has 0 aliphatic heterocycles. The molecule has 21 heavy (non-hydrogen) atoms. The normalized spacial score (nSPS) is 11.7. The summed E-state index contributed by atoms with van der Waals surface area (Å²) >= 11 is 0. The Balaban J connectivity index is 2.87. The van der Waals surface area contributed by atoms with Crippen molar-refractivity contribution in [2.24, 2.45) is 5.92 Å². The van der Waals surface area contributed by atoms with Gasteiger partial charge in [-0.2, -0.15) is 0 Å². The Kier molecular flexibility index (Phi) is 7.52. The standard InChI is InChI=1S/C17H23NO3/c1-4-21-12-16(13(2)3)18-17(20)15-10-6-5-8-14(15)9-7-11-19/h5-6,8,10,13,16,19H,4,11-12H2,1-3H3,(H,18,20). The Labute approximate surface area is 126 Å². The molecule has 2 N–H and O–H groups in total. The van der Waals surface area contributed by atoms with E-state index >= 15 is 0 Å². The molecule has 0 heterocycles. The summed E-state index contributed by atoms with van der Waals surface area (Å²) < 4.78 is 5.41. The third-order valence-electron chi connectivity index (χ3n) is 3.10. The summed E-state index contributed by atoms with van der Waals surface area (Å²) in [5.74, 6) is 5.47. The molecule has 4 heteroatoms. The number of amides is 1. The zero-order valence-corrected chi connectivity index (χ0v) is 12.8. The molecular weight excluding hydrogens is 266 g/mol. The lowest BCUT2D eigenvalue weighted by Crippen LogP contribution is -2.42. The fourth-order valence-corrected chi connectivity index (χ4v) is 1.82. The maximum atomic E-state index is 12.4. The highest BCUT2D eigenvalue weighted by Gasteiger charge is 2.18. The number of carbonyl (C=O) groups is 1. The molecule has 1 unspecified atom stereocenters. The molecule has 0 aromatic heterocycles. The van der Waals surface area contributed by atoms with Crippen molar-refractivity contribution in [3.05, 3.63) is 35.4 Å². The smallest absolute Gasteiger partial charge is 0.252 e. The van der Waals surface area contributed by atoms with E-state index < -0.39 is 0 Å². The van der Waals surface area contributed by atoms with Crippen molar-refractivity contribution in [1.82, 2.24) is 5.32 Å². The lowest BCUT2D eigenvalue weighted by atomic mass is 10.0. The quantitative estimate of drug-likeness (QED) is 0.785. The topological polar surface area (TPSA) is 58.6 Å². The van der Waals surface area contributed by atoms with Gasteiger partial charge in [-0.1, -0.05) is 37.8 Å². The van der Waals surface area contributed by atoms with Gasteiger partial charge in [-0.15, -0.1) is 0 Å². The summed E-state index contributed by atoms with van der Waals surface area (Å²) in [5.41, 5.74) is 1.13. The largest absolute Gasteiger partial charge is 0.384 e. The molecule has 0 radical (unpaired) electrons. The van der Waals surface area contributed by atoms with Crippen LogP contribution in [0.25, 0.3) is 0 Å². The first-order valence-electron chi connectivity index (χ1n) is 7.17. The van der Waals surface area contributed by atoms with Crippen LogP contribution in [0.1, 0.15) is 36.7 Å². The van der Waals surface area contributed by atoms with Crippen LogP contribution < -0.4 is 5.32 Å². The fraction of sp³-hybridized carbons (Fsp3) is 0.471. The van der Waals surface area contributed by atoms with Gasteiger partial charge in [0.05, 0.1) is 18.2 Å². The molecule has 1 amide bonds. The Morgan fingerprint density at radius 3 is 2.71 bits per heavy atom. The van der Waals surface area contributed by atoms with E-state index in [1.165, 1.54) is 0 Å². The third kappa shape index (κ3) is 5.58. The maximum Gasteiger partial charge on any atom is 0.252 e. The monoisotopic (exact) mass is 289 g/mol. The summed E-state index contributed by atoms with van der Waals surface area (Å²) in [6, 6.07) is 7.07. The van der Waals surface area contributed by atoms with Crippen molar-refractivity contribution in [3.8, 4) is 11.8 Å². The minimum Gasteiger partial charge on any atom is -0.384 e. The van der Waals surface area contributed by atoms with E-state index in [2.05, 4.69) is 17.2 Å². The van der Waals surface area contributed by atoms with E-state index in [1.807, 2.05) is 26.8 Å². The molecule has 1 aromatic carbocycles. The number of rotatable bonds is 6. The van der Waals surface area contributed by atoms with Gasteiger partial charge in [-0.3, -0.25) is 4.79 Å². The molecule has 114 valence electrons. The predicted octanol–water partition coefficient (Wildman–Crippen LogP) is 1.82. The third-order valence-corrected chi connectivity index (χ3v) is 3.10. The van der Waals surface area contributed by atoms with Crippen molar-refractivity contribution in [2.45, 2.75) is 26.8 Å². The van der Waals surface area contributed by atoms with E-state index in [0.29, 0.717) is 24.3 Å². The van der Waals surface area contributed by atoms with Crippen molar-refractivity contribution in [2.75, 3.05) is 19.8 Å². The molecule has 0 spiro atoms. The first-order valence-corrected chi connectivity index (χ1v) is 7.17. The minimum absolute atomic E-state index is 0.0451. The van der Waals surface area contributed by atoms with Gasteiger partial charge in [0, 0.05) is 12.2 Å². The summed E-state index contributed by atoms with van der Waals surface area (Å²) in [4.78, 5) is 12.4. The number of hydrogen-bond donors (Lipinski definition) is 2. The van der Waals surface area contributed by atoms with Crippen LogP contribution in [0.5, 0.6) is 0 Å². The van der Waals surface area contributed by atoms with Crippen LogP contribution in [-0.4, -0.2) is 36.9 Å². The van der Waals surface area contributed by atoms with Crippen LogP contribution in [0, 0.1) is 17.8 Å². The number of aliphatic hydroxyl groups is 1. The highest BCUT2D eigenvalue weighted by molar-refractivity contribution is 5.96. The molecule has 0 fully saturated rings. The molecule has 1 atom stereocenters. The number of nitrogens with one attached hydrogen (secondary N) is 1. The van der Waals surface area contributed by atoms with Crippen LogP contribution in [-0.2, 0) is 4.74 Å². The van der Waals surface area contributed by atoms with Crippen molar-refractivity contribution in [3.63, 3.8) is 0 Å². The van der Waals surface area contributed by atoms with Gasteiger partial charge in [0.15, 0.2) is 0 Å². The number of benzene rings is 1. The van der Waals surface area contributed by atoms with Gasteiger partial charge in [0.1, 0.15) is 6.61 Å². The highest BCUT2D eigenvalue weighted by Crippen LogP contribution is 2.10. The molecule has 0 saturated carbocycles. The van der Waals surface area contributed by atoms with Gasteiger partial charge < -0.3 is 15.2 Å². The Morgan fingerprint density at radius 2 is 2.10 bits per heavy atom. The van der Waals surface area contributed by atoms with E-state index in [-0.39, 0.29) is 24.5 Å². The summed E-state index contributed by atoms with van der Waals surface area (Å²) in [7, 11) is 0. The fourth-order valence-electron chi connectivity index (χ4n) is 1.82. The highest BCUT2D eigenvalue weighted by atomic mass is 16.5. The second-order valence-corrected chi connectivity index (χ2v) is 4.99. The van der Waals surface area contributed by atoms with Gasteiger partial charge in [-0.05, 0) is 25.0 Å². The second kappa shape index (κ2) is 9.17. The van der Waals surface area contributed by atoms with Crippen molar-refractivity contribution < 1.29 is 14.6 Å². The average molecular weight is 289 g/mol. The summed E-state index contributed by atoms with van der Waals surface area (Å²) in [6.07, 6.45) is 0. The maximum absolute atomic E-state index is 12.4. The Bertz CT molecular complexity index is 514. The van der Waals surface area contributed by atoms with Gasteiger partial charge in [-0.25, -0.2) is 0 Å². The SMILES string of the molecule is CCOCC(NC(=O)c1ccccc1C#CCO)C(C)C. The first-order chi connectivity index (χ1) is 10.1. The predicted molar refractivity (Wildman–Crippen MR) is 83.0 cm³/mol. The number of aliphatic hydroxyl groups excluding tert-OH is 1. The van der Waals surface area contributed by atoms with Gasteiger partial charge in [0.2, 0.25) is 0 Å². The number of hydrogen-bond acceptors (Lipinski definition) is 3. The first kappa shape index (κ1) is 17.2. The summed E-state index contributed by atoms with van der Waals surface area (Å²) in [5, 5.41) is 11.8. The number of carbonyl (C=O) groups excluding carboxylic acids is 1. The summed E-state index contributed by atoms with van der Waals surface area (Å²) in [6.45, 7) is 6.90. The molecule has 0 aliphatic rings. The Morgan fingerprint density at radius 1 is 1.38 bits per heavy atom. The average Bonchev–Trinajstić information content (AvgIpc) is 2.49. The van der Waals surface area contributed by atoms with Crippen LogP contribution in [0.3, 0.4) is 0 Å². The Hall–Kier alpha value is -1.83. The molecule has 1 rings (SSSR count). The van der Waals surface area contributed by atoms with Crippen molar-refractivity contribution >= 4 is 5.91 Å². The zero-order chi connectivity index (χ0) is 15.7. The van der Waals surface area contributed by atoms with E-state index in [1.54, 1.807) is 18.2 Å². The van der Waals surface area contributed by atoms with E-state index in [9.17, 15) is 4.79 Å². The molecule has 0 bridgehead atoms. The molecule has 0 aliphatic carbocycles. The van der Waals surface area contributed by atoms with Crippen LogP contribution in [0.4, 0.5) is 0 Å².